The summed E-state index contributed by atoms with van der Waals surface area (Å²) in [5.41, 5.74) is 16.5. The maximum absolute atomic E-state index is 13.0. The molecule has 0 aromatic heterocycles. The van der Waals surface area contributed by atoms with E-state index in [1.165, 1.54) is 11.8 Å². The molecule has 4 atom stereocenters. The quantitative estimate of drug-likeness (QED) is 0.0429. The zero-order valence-electron chi connectivity index (χ0n) is 19.5. The number of aliphatic imine (C=N–C) groups is 1. The van der Waals surface area contributed by atoms with Gasteiger partial charge in [-0.25, -0.2) is 4.79 Å². The molecule has 0 radical (unpaired) electrons. The smallest absolute Gasteiger partial charge is 0.327 e. The second kappa shape index (κ2) is 18.5. The van der Waals surface area contributed by atoms with Gasteiger partial charge in [-0.1, -0.05) is 0 Å². The van der Waals surface area contributed by atoms with Crippen molar-refractivity contribution >= 4 is 65.8 Å². The van der Waals surface area contributed by atoms with Crippen molar-refractivity contribution in [3.8, 4) is 0 Å². The lowest BCUT2D eigenvalue weighted by Gasteiger charge is -2.25. The van der Waals surface area contributed by atoms with Crippen LogP contribution in [0.4, 0.5) is 0 Å². The van der Waals surface area contributed by atoms with E-state index in [1.807, 2.05) is 12.5 Å². The third kappa shape index (κ3) is 13.8. The minimum absolute atomic E-state index is 0.108. The molecular formula is C19H37N7O5S3. The number of guanidine groups is 1. The van der Waals surface area contributed by atoms with Gasteiger partial charge in [0, 0.05) is 12.3 Å². The first-order chi connectivity index (χ1) is 16.1. The molecule has 0 aliphatic heterocycles. The number of carboxylic acid groups (broad SMARTS) is 1. The molecule has 196 valence electrons. The molecule has 4 unspecified atom stereocenters. The van der Waals surface area contributed by atoms with Crippen molar-refractivity contribution < 1.29 is 24.3 Å². The van der Waals surface area contributed by atoms with Gasteiger partial charge < -0.3 is 38.3 Å². The summed E-state index contributed by atoms with van der Waals surface area (Å²) >= 11 is 6.99. The van der Waals surface area contributed by atoms with Gasteiger partial charge in [0.05, 0.1) is 6.04 Å². The van der Waals surface area contributed by atoms with Crippen LogP contribution in [0.25, 0.3) is 0 Å². The third-order valence-corrected chi connectivity index (χ3v) is 6.24. The number of amides is 3. The molecule has 15 heteroatoms. The molecule has 0 saturated carbocycles. The molecule has 0 spiro atoms. The number of nitrogens with one attached hydrogen (secondary N) is 3. The number of thioether (sulfide) groups is 2. The van der Waals surface area contributed by atoms with E-state index in [0.29, 0.717) is 30.8 Å². The van der Waals surface area contributed by atoms with Gasteiger partial charge in [-0.05, 0) is 49.7 Å². The number of thiol groups is 1. The van der Waals surface area contributed by atoms with E-state index in [4.69, 9.17) is 17.2 Å². The van der Waals surface area contributed by atoms with Crippen LogP contribution in [0.1, 0.15) is 25.7 Å². The Morgan fingerprint density at radius 1 is 0.882 bits per heavy atom. The van der Waals surface area contributed by atoms with E-state index in [9.17, 15) is 24.3 Å². The number of hydrogen-bond donors (Lipinski definition) is 8. The molecule has 0 saturated heterocycles. The van der Waals surface area contributed by atoms with Gasteiger partial charge in [0.1, 0.15) is 18.1 Å². The van der Waals surface area contributed by atoms with Crippen molar-refractivity contribution in [3.05, 3.63) is 0 Å². The van der Waals surface area contributed by atoms with Gasteiger partial charge in [-0.15, -0.1) is 0 Å². The van der Waals surface area contributed by atoms with Crippen LogP contribution in [0, 0.1) is 0 Å². The third-order valence-electron chi connectivity index (χ3n) is 4.59. The van der Waals surface area contributed by atoms with Crippen molar-refractivity contribution in [2.45, 2.75) is 49.9 Å². The number of carbonyl (C=O) groups excluding carboxylic acids is 3. The van der Waals surface area contributed by atoms with Crippen LogP contribution in [-0.2, 0) is 19.2 Å². The number of hydrogen-bond acceptors (Lipinski definition) is 9. The van der Waals surface area contributed by atoms with E-state index < -0.39 is 47.9 Å². The predicted molar refractivity (Wildman–Crippen MR) is 141 cm³/mol. The van der Waals surface area contributed by atoms with Crippen molar-refractivity contribution in [2.24, 2.45) is 22.2 Å². The van der Waals surface area contributed by atoms with Crippen LogP contribution in [0.3, 0.4) is 0 Å². The number of carbonyl (C=O) groups is 4. The Hall–Kier alpha value is -1.84. The van der Waals surface area contributed by atoms with Crippen molar-refractivity contribution in [3.63, 3.8) is 0 Å². The Labute approximate surface area is 214 Å². The molecule has 0 aliphatic carbocycles. The Balaban J connectivity index is 5.43. The maximum atomic E-state index is 13.0. The summed E-state index contributed by atoms with van der Waals surface area (Å²) in [5.74, 6) is -1.92. The fourth-order valence-corrected chi connectivity index (χ4v) is 3.87. The lowest BCUT2D eigenvalue weighted by Crippen LogP contribution is -2.57. The van der Waals surface area contributed by atoms with Crippen LogP contribution in [0.5, 0.6) is 0 Å². The van der Waals surface area contributed by atoms with Gasteiger partial charge in [-0.2, -0.15) is 36.2 Å². The lowest BCUT2D eigenvalue weighted by molar-refractivity contribution is -0.141. The zero-order valence-corrected chi connectivity index (χ0v) is 22.0. The standard InChI is InChI=1S/C19H37N7O5S3/c1-33-8-5-11(20)15(27)24-13(6-9-34-2)17(29)25-12(4-3-7-23-19(21)22)16(28)26-14(10-32)18(30)31/h11-14,32H,3-10,20H2,1-2H3,(H,24,27)(H,25,29)(H,26,28)(H,30,31)(H4,21,22,23). The predicted octanol–water partition coefficient (Wildman–Crippen LogP) is -1.66. The van der Waals surface area contributed by atoms with Crippen LogP contribution in [0.15, 0.2) is 4.99 Å². The fraction of sp³-hybridized carbons (Fsp3) is 0.737. The van der Waals surface area contributed by atoms with Crippen LogP contribution in [-0.4, -0.2) is 95.2 Å². The average molecular weight is 540 g/mol. The highest BCUT2D eigenvalue weighted by molar-refractivity contribution is 7.98. The normalized spacial score (nSPS) is 14.2. The zero-order chi connectivity index (χ0) is 26.1. The Bertz CT molecular complexity index is 695. The van der Waals surface area contributed by atoms with Gasteiger partial charge in [0.15, 0.2) is 5.96 Å². The summed E-state index contributed by atoms with van der Waals surface area (Å²) < 4.78 is 0. The molecule has 12 nitrogen and oxygen atoms in total. The Kier molecular flexibility index (Phi) is 17.5. The van der Waals surface area contributed by atoms with E-state index >= 15 is 0 Å². The van der Waals surface area contributed by atoms with E-state index in [1.54, 1.807) is 11.8 Å². The molecule has 0 aromatic rings. The number of nitrogens with two attached hydrogens (primary N) is 3. The molecule has 0 rings (SSSR count). The first kappa shape index (κ1) is 32.2. The van der Waals surface area contributed by atoms with Crippen molar-refractivity contribution in [1.82, 2.24) is 16.0 Å². The fourth-order valence-electron chi connectivity index (χ4n) is 2.66. The van der Waals surface area contributed by atoms with E-state index in [0.717, 1.165) is 0 Å². The van der Waals surface area contributed by atoms with Gasteiger partial charge in [0.2, 0.25) is 17.7 Å². The molecule has 0 aromatic carbocycles. The monoisotopic (exact) mass is 539 g/mol. The number of nitrogens with zero attached hydrogens (tertiary/aromatic N) is 1. The Morgan fingerprint density at radius 2 is 1.38 bits per heavy atom. The number of carboxylic acids is 1. The number of rotatable bonds is 18. The van der Waals surface area contributed by atoms with E-state index in [2.05, 4.69) is 33.6 Å². The van der Waals surface area contributed by atoms with Crippen molar-refractivity contribution in [1.29, 1.82) is 0 Å². The molecular weight excluding hydrogens is 502 g/mol. The second-order valence-electron chi connectivity index (χ2n) is 7.32. The summed E-state index contributed by atoms with van der Waals surface area (Å²) in [5, 5.41) is 16.8. The largest absolute Gasteiger partial charge is 0.480 e. The topological polar surface area (TPSA) is 215 Å². The highest BCUT2D eigenvalue weighted by Gasteiger charge is 2.29. The average Bonchev–Trinajstić information content (AvgIpc) is 2.79. The van der Waals surface area contributed by atoms with E-state index in [-0.39, 0.29) is 24.7 Å². The van der Waals surface area contributed by atoms with Gasteiger partial charge in [-0.3, -0.25) is 19.4 Å². The molecule has 10 N–H and O–H groups in total. The lowest BCUT2D eigenvalue weighted by atomic mass is 10.1. The second-order valence-corrected chi connectivity index (χ2v) is 9.66. The van der Waals surface area contributed by atoms with Crippen LogP contribution < -0.4 is 33.2 Å². The van der Waals surface area contributed by atoms with Crippen LogP contribution in [0.2, 0.25) is 0 Å². The summed E-state index contributed by atoms with van der Waals surface area (Å²) in [6.45, 7) is 0.216. The summed E-state index contributed by atoms with van der Waals surface area (Å²) in [7, 11) is 0. The minimum atomic E-state index is -1.25. The molecule has 34 heavy (non-hydrogen) atoms. The summed E-state index contributed by atoms with van der Waals surface area (Å²) in [6.07, 6.45) is 5.04. The highest BCUT2D eigenvalue weighted by Crippen LogP contribution is 2.06. The van der Waals surface area contributed by atoms with Gasteiger partial charge >= 0.3 is 5.97 Å². The summed E-state index contributed by atoms with van der Waals surface area (Å²) in [4.78, 5) is 53.3. The SMILES string of the molecule is CSCCC(N)C(=O)NC(CCSC)C(=O)NC(CCCN=C(N)N)C(=O)NC(CS)C(=O)O. The molecule has 3 amide bonds. The summed E-state index contributed by atoms with van der Waals surface area (Å²) in [6, 6.07) is -3.97. The van der Waals surface area contributed by atoms with Crippen molar-refractivity contribution in [2.75, 3.05) is 36.3 Å². The minimum Gasteiger partial charge on any atom is -0.480 e. The maximum Gasteiger partial charge on any atom is 0.327 e. The molecule has 0 fully saturated rings. The Morgan fingerprint density at radius 3 is 1.88 bits per heavy atom. The first-order valence-electron chi connectivity index (χ1n) is 10.6. The first-order valence-corrected chi connectivity index (χ1v) is 14.0. The van der Waals surface area contributed by atoms with Crippen LogP contribution >= 0.6 is 36.2 Å². The van der Waals surface area contributed by atoms with Gasteiger partial charge in [0.25, 0.3) is 0 Å². The highest BCUT2D eigenvalue weighted by atomic mass is 32.2. The number of aliphatic carboxylic acids is 1. The molecule has 0 bridgehead atoms. The molecule has 0 heterocycles. The molecule has 0 aliphatic rings.